The van der Waals surface area contributed by atoms with E-state index >= 15 is 0 Å². The Hall–Kier alpha value is -3.74. The molecule has 0 bridgehead atoms. The molecular formula is C34H40N2O4. The van der Waals surface area contributed by atoms with Crippen molar-refractivity contribution >= 4 is 33.5 Å². The van der Waals surface area contributed by atoms with Gasteiger partial charge < -0.3 is 20.8 Å². The van der Waals surface area contributed by atoms with Crippen molar-refractivity contribution in [3.05, 3.63) is 96.1 Å². The molecule has 0 aliphatic carbocycles. The van der Waals surface area contributed by atoms with E-state index in [1.54, 1.807) is 0 Å². The molecule has 4 aromatic carbocycles. The van der Waals surface area contributed by atoms with Crippen LogP contribution in [0.1, 0.15) is 74.6 Å². The second-order valence-corrected chi connectivity index (χ2v) is 10.5. The van der Waals surface area contributed by atoms with E-state index in [-0.39, 0.29) is 0 Å². The van der Waals surface area contributed by atoms with Crippen LogP contribution in [0.15, 0.2) is 84.9 Å². The van der Waals surface area contributed by atoms with Gasteiger partial charge in [0.25, 0.3) is 0 Å². The second kappa shape index (κ2) is 15.2. The molecule has 0 saturated carbocycles. The van der Waals surface area contributed by atoms with Gasteiger partial charge in [0.05, 0.1) is 0 Å². The molecule has 6 nitrogen and oxygen atoms in total. The monoisotopic (exact) mass is 540 g/mol. The molecule has 0 radical (unpaired) electrons. The fourth-order valence-corrected chi connectivity index (χ4v) is 5.70. The van der Waals surface area contributed by atoms with Crippen LogP contribution in [-0.2, 0) is 9.59 Å². The lowest BCUT2D eigenvalue weighted by atomic mass is 9.96. The Morgan fingerprint density at radius 3 is 1.35 bits per heavy atom. The normalized spacial score (nSPS) is 19.2. The summed E-state index contributed by atoms with van der Waals surface area (Å²) < 4.78 is 0. The maximum Gasteiger partial charge on any atom is 0.414 e. The minimum atomic E-state index is -1.82. The fraction of sp³-hybridized carbons (Fsp3) is 0.353. The van der Waals surface area contributed by atoms with Crippen LogP contribution < -0.4 is 10.6 Å². The minimum Gasteiger partial charge on any atom is -0.473 e. The average Bonchev–Trinajstić information content (AvgIpc) is 3.43. The van der Waals surface area contributed by atoms with E-state index in [0.717, 1.165) is 13.1 Å². The Morgan fingerprint density at radius 1 is 0.525 bits per heavy atom. The van der Waals surface area contributed by atoms with Crippen molar-refractivity contribution in [1.82, 2.24) is 10.6 Å². The first-order chi connectivity index (χ1) is 19.5. The standard InChI is InChI=1S/2C16H19N.C2H2O4/c2*1-2-11-16(17-12-5-1)15-10-6-8-13-7-3-4-9-14(13)15;3-1(4)2(5)6/h2*3-4,6-10,16-17H,1-2,5,11-12H2;(H,3,4)(H,5,6). The number of carboxylic acid groups (broad SMARTS) is 2. The van der Waals surface area contributed by atoms with Crippen LogP contribution in [-0.4, -0.2) is 35.2 Å². The van der Waals surface area contributed by atoms with E-state index in [1.165, 1.54) is 84.0 Å². The number of benzene rings is 4. The third-order valence-corrected chi connectivity index (χ3v) is 7.70. The molecule has 2 saturated heterocycles. The quantitative estimate of drug-likeness (QED) is 0.200. The van der Waals surface area contributed by atoms with Crippen molar-refractivity contribution in [3.8, 4) is 0 Å². The molecule has 40 heavy (non-hydrogen) atoms. The van der Waals surface area contributed by atoms with Crippen molar-refractivity contribution in [2.24, 2.45) is 0 Å². The molecule has 0 aromatic heterocycles. The maximum absolute atomic E-state index is 9.10. The van der Waals surface area contributed by atoms with E-state index in [1.807, 2.05) is 0 Å². The van der Waals surface area contributed by atoms with Crippen molar-refractivity contribution in [3.63, 3.8) is 0 Å². The highest BCUT2D eigenvalue weighted by atomic mass is 16.4. The largest absolute Gasteiger partial charge is 0.473 e. The molecule has 210 valence electrons. The Bertz CT molecular complexity index is 1270. The zero-order valence-electron chi connectivity index (χ0n) is 23.0. The van der Waals surface area contributed by atoms with Crippen molar-refractivity contribution in [2.45, 2.75) is 63.5 Å². The molecule has 2 atom stereocenters. The molecular weight excluding hydrogens is 500 g/mol. The van der Waals surface area contributed by atoms with Gasteiger partial charge in [-0.05, 0) is 71.4 Å². The van der Waals surface area contributed by atoms with Gasteiger partial charge >= 0.3 is 11.9 Å². The zero-order chi connectivity index (χ0) is 28.2. The number of nitrogens with one attached hydrogen (secondary N) is 2. The average molecular weight is 541 g/mol. The van der Waals surface area contributed by atoms with Crippen molar-refractivity contribution < 1.29 is 19.8 Å². The Balaban J connectivity index is 0.000000155. The molecule has 2 aliphatic heterocycles. The highest BCUT2D eigenvalue weighted by Crippen LogP contribution is 2.30. The van der Waals surface area contributed by atoms with E-state index in [2.05, 4.69) is 95.6 Å². The number of aliphatic carboxylic acids is 2. The van der Waals surface area contributed by atoms with Gasteiger partial charge in [0, 0.05) is 12.1 Å². The fourth-order valence-electron chi connectivity index (χ4n) is 5.70. The van der Waals surface area contributed by atoms with Crippen molar-refractivity contribution in [2.75, 3.05) is 13.1 Å². The lowest BCUT2D eigenvalue weighted by Gasteiger charge is -2.18. The van der Waals surface area contributed by atoms with E-state index < -0.39 is 11.9 Å². The molecule has 2 fully saturated rings. The lowest BCUT2D eigenvalue weighted by Crippen LogP contribution is -2.20. The first-order valence-electron chi connectivity index (χ1n) is 14.4. The van der Waals surface area contributed by atoms with Gasteiger partial charge in [-0.3, -0.25) is 0 Å². The van der Waals surface area contributed by atoms with E-state index in [9.17, 15) is 0 Å². The summed E-state index contributed by atoms with van der Waals surface area (Å²) in [5, 5.41) is 27.7. The zero-order valence-corrected chi connectivity index (χ0v) is 23.0. The van der Waals surface area contributed by atoms with Crippen molar-refractivity contribution in [1.29, 1.82) is 0 Å². The minimum absolute atomic E-state index is 0.545. The highest BCUT2D eigenvalue weighted by Gasteiger charge is 2.16. The summed E-state index contributed by atoms with van der Waals surface area (Å²) in [4.78, 5) is 18.2. The molecule has 0 spiro atoms. The van der Waals surface area contributed by atoms with Gasteiger partial charge in [0.15, 0.2) is 0 Å². The van der Waals surface area contributed by atoms with Crippen LogP contribution >= 0.6 is 0 Å². The maximum atomic E-state index is 9.10. The molecule has 6 rings (SSSR count). The van der Waals surface area contributed by atoms with Crippen LogP contribution in [0.25, 0.3) is 21.5 Å². The first kappa shape index (κ1) is 29.2. The summed E-state index contributed by atoms with van der Waals surface area (Å²) in [6, 6.07) is 31.9. The van der Waals surface area contributed by atoms with Crippen LogP contribution in [0.2, 0.25) is 0 Å². The van der Waals surface area contributed by atoms with Gasteiger partial charge in [-0.2, -0.15) is 0 Å². The number of rotatable bonds is 2. The van der Waals surface area contributed by atoms with Crippen LogP contribution in [0.3, 0.4) is 0 Å². The number of carboxylic acids is 2. The predicted molar refractivity (Wildman–Crippen MR) is 162 cm³/mol. The van der Waals surface area contributed by atoms with Crippen LogP contribution in [0.5, 0.6) is 0 Å². The number of carbonyl (C=O) groups is 2. The van der Waals surface area contributed by atoms with E-state index in [0.29, 0.717) is 12.1 Å². The smallest absolute Gasteiger partial charge is 0.414 e. The topological polar surface area (TPSA) is 98.7 Å². The number of hydrogen-bond acceptors (Lipinski definition) is 4. The summed E-state index contributed by atoms with van der Waals surface area (Å²) in [6.45, 7) is 2.32. The summed E-state index contributed by atoms with van der Waals surface area (Å²) in [7, 11) is 0. The molecule has 2 heterocycles. The van der Waals surface area contributed by atoms with Gasteiger partial charge in [-0.15, -0.1) is 0 Å². The third kappa shape index (κ3) is 8.13. The van der Waals surface area contributed by atoms with E-state index in [4.69, 9.17) is 19.8 Å². The molecule has 4 aromatic rings. The Kier molecular flexibility index (Phi) is 11.1. The van der Waals surface area contributed by atoms with Gasteiger partial charge in [-0.25, -0.2) is 9.59 Å². The number of hydrogen-bond donors (Lipinski definition) is 4. The molecule has 2 unspecified atom stereocenters. The van der Waals surface area contributed by atoms with Crippen LogP contribution in [0, 0.1) is 0 Å². The van der Waals surface area contributed by atoms with Gasteiger partial charge in [-0.1, -0.05) is 111 Å². The van der Waals surface area contributed by atoms with Gasteiger partial charge in [0.1, 0.15) is 0 Å². The lowest BCUT2D eigenvalue weighted by molar-refractivity contribution is -0.159. The summed E-state index contributed by atoms with van der Waals surface area (Å²) >= 11 is 0. The second-order valence-electron chi connectivity index (χ2n) is 10.5. The van der Waals surface area contributed by atoms with Crippen LogP contribution in [0.4, 0.5) is 0 Å². The highest BCUT2D eigenvalue weighted by molar-refractivity contribution is 6.27. The summed E-state index contributed by atoms with van der Waals surface area (Å²) in [5.41, 5.74) is 2.95. The Morgan fingerprint density at radius 2 is 0.925 bits per heavy atom. The predicted octanol–water partition coefficient (Wildman–Crippen LogP) is 7.24. The summed E-state index contributed by atoms with van der Waals surface area (Å²) in [5.74, 6) is -3.65. The van der Waals surface area contributed by atoms with Gasteiger partial charge in [0.2, 0.25) is 0 Å². The molecule has 4 N–H and O–H groups in total. The summed E-state index contributed by atoms with van der Waals surface area (Å²) in [6.07, 6.45) is 10.6. The third-order valence-electron chi connectivity index (χ3n) is 7.70. The molecule has 6 heteroatoms. The number of fused-ring (bicyclic) bond motifs is 2. The molecule has 2 aliphatic rings. The SMILES string of the molecule is O=C(O)C(=O)O.c1ccc2c(C3CCCCCN3)cccc2c1.c1ccc2c(C3CCCCCN3)cccc2c1. The first-order valence-corrected chi connectivity index (χ1v) is 14.4. The molecule has 0 amide bonds. The Labute approximate surface area is 236 Å².